The third-order valence-corrected chi connectivity index (χ3v) is 4.67. The zero-order valence-electron chi connectivity index (χ0n) is 12.9. The van der Waals surface area contributed by atoms with E-state index in [1.165, 1.54) is 23.3 Å². The van der Waals surface area contributed by atoms with Gasteiger partial charge in [0, 0.05) is 30.9 Å². The molecule has 2 aliphatic heterocycles. The van der Waals surface area contributed by atoms with Crippen molar-refractivity contribution in [2.24, 2.45) is 5.92 Å². The molecule has 0 aromatic heterocycles. The highest BCUT2D eigenvalue weighted by Crippen LogP contribution is 2.29. The van der Waals surface area contributed by atoms with Gasteiger partial charge in [0.25, 0.3) is 0 Å². The van der Waals surface area contributed by atoms with Crippen LogP contribution in [0.25, 0.3) is 0 Å². The minimum atomic E-state index is 0.619. The highest BCUT2D eigenvalue weighted by atomic mass is 15.3. The normalized spacial score (nSPS) is 28.1. The quantitative estimate of drug-likeness (QED) is 0.761. The van der Waals surface area contributed by atoms with Crippen LogP contribution in [0, 0.1) is 5.92 Å². The molecule has 0 aromatic rings. The maximum Gasteiger partial charge on any atom is 0.0430 e. The average molecular weight is 260 g/mol. The summed E-state index contributed by atoms with van der Waals surface area (Å²) in [5, 5.41) is 3.56. The van der Waals surface area contributed by atoms with Crippen LogP contribution in [0.4, 0.5) is 0 Å². The van der Waals surface area contributed by atoms with Gasteiger partial charge in [-0.25, -0.2) is 0 Å². The van der Waals surface area contributed by atoms with Crippen molar-refractivity contribution in [1.29, 1.82) is 0 Å². The van der Waals surface area contributed by atoms with Gasteiger partial charge in [0.2, 0.25) is 0 Å². The minimum Gasteiger partial charge on any atom is -0.366 e. The Morgan fingerprint density at radius 2 is 2.21 bits per heavy atom. The number of allylic oxidation sites excluding steroid dienone is 4. The maximum absolute atomic E-state index is 4.03. The number of likely N-dealkylation sites (tertiary alicyclic amines) is 1. The molecule has 2 atom stereocenters. The Labute approximate surface area is 118 Å². The van der Waals surface area contributed by atoms with E-state index in [-0.39, 0.29) is 0 Å². The van der Waals surface area contributed by atoms with Crippen molar-refractivity contribution in [3.8, 4) is 0 Å². The van der Waals surface area contributed by atoms with Gasteiger partial charge in [-0.3, -0.25) is 0 Å². The van der Waals surface area contributed by atoms with Crippen LogP contribution in [0.2, 0.25) is 0 Å². The molecule has 0 amide bonds. The summed E-state index contributed by atoms with van der Waals surface area (Å²) in [7, 11) is 0. The van der Waals surface area contributed by atoms with E-state index in [0.29, 0.717) is 18.0 Å². The van der Waals surface area contributed by atoms with Gasteiger partial charge in [0.15, 0.2) is 0 Å². The fraction of sp³-hybridized carbons (Fsp3) is 0.647. The molecule has 2 heteroatoms. The van der Waals surface area contributed by atoms with E-state index in [9.17, 15) is 0 Å². The summed E-state index contributed by atoms with van der Waals surface area (Å²) in [5.41, 5.74) is 4.29. The Kier molecular flexibility index (Phi) is 4.51. The third kappa shape index (κ3) is 2.94. The molecule has 19 heavy (non-hydrogen) atoms. The monoisotopic (exact) mass is 260 g/mol. The van der Waals surface area contributed by atoms with Crippen molar-refractivity contribution in [1.82, 2.24) is 10.2 Å². The molecule has 2 fully saturated rings. The molecule has 2 bridgehead atoms. The first-order chi connectivity index (χ1) is 9.06. The Morgan fingerprint density at radius 3 is 2.63 bits per heavy atom. The predicted octanol–water partition coefficient (Wildman–Crippen LogP) is 3.48. The number of nitrogens with zero attached hydrogens (tertiary/aromatic N) is 1. The summed E-state index contributed by atoms with van der Waals surface area (Å²) < 4.78 is 0. The fourth-order valence-corrected chi connectivity index (χ4v) is 3.18. The topological polar surface area (TPSA) is 15.3 Å². The van der Waals surface area contributed by atoms with Crippen LogP contribution >= 0.6 is 0 Å². The first kappa shape index (κ1) is 14.4. The lowest BCUT2D eigenvalue weighted by Gasteiger charge is -2.30. The summed E-state index contributed by atoms with van der Waals surface area (Å²) in [5.74, 6) is 0.619. The Morgan fingerprint density at radius 1 is 1.47 bits per heavy atom. The van der Waals surface area contributed by atoms with E-state index < -0.39 is 0 Å². The van der Waals surface area contributed by atoms with Gasteiger partial charge in [-0.2, -0.15) is 0 Å². The van der Waals surface area contributed by atoms with E-state index >= 15 is 0 Å². The standard InChI is InChI=1S/C17H28N2/c1-6-14(13(5)12(3)4)8-16(7-2)19-11-15-9-17(19)10-18-15/h7-8,12,15,17-18H,2,6,9-11H2,1,3-5H3/b14-13+,16-8+. The summed E-state index contributed by atoms with van der Waals surface area (Å²) >= 11 is 0. The van der Waals surface area contributed by atoms with Gasteiger partial charge in [0.05, 0.1) is 0 Å². The van der Waals surface area contributed by atoms with Crippen LogP contribution in [-0.4, -0.2) is 30.1 Å². The molecular weight excluding hydrogens is 232 g/mol. The molecule has 2 unspecified atom stereocenters. The van der Waals surface area contributed by atoms with E-state index in [1.807, 2.05) is 6.08 Å². The van der Waals surface area contributed by atoms with Crippen molar-refractivity contribution in [3.63, 3.8) is 0 Å². The number of hydrogen-bond donors (Lipinski definition) is 1. The molecule has 1 N–H and O–H groups in total. The highest BCUT2D eigenvalue weighted by molar-refractivity contribution is 5.33. The van der Waals surface area contributed by atoms with E-state index in [1.54, 1.807) is 0 Å². The maximum atomic E-state index is 4.03. The molecule has 2 aliphatic rings. The number of rotatable bonds is 5. The number of hydrogen-bond acceptors (Lipinski definition) is 2. The van der Waals surface area contributed by atoms with Crippen molar-refractivity contribution >= 4 is 0 Å². The average Bonchev–Trinajstić information content (AvgIpc) is 3.01. The second-order valence-corrected chi connectivity index (χ2v) is 6.14. The lowest BCUT2D eigenvalue weighted by atomic mass is 9.96. The Balaban J connectivity index is 2.23. The zero-order valence-corrected chi connectivity index (χ0v) is 12.9. The summed E-state index contributed by atoms with van der Waals surface area (Å²) in [6.45, 7) is 15.3. The summed E-state index contributed by atoms with van der Waals surface area (Å²) in [6.07, 6.45) is 6.79. The van der Waals surface area contributed by atoms with Gasteiger partial charge in [0.1, 0.15) is 0 Å². The van der Waals surface area contributed by atoms with Crippen LogP contribution in [0.1, 0.15) is 40.5 Å². The summed E-state index contributed by atoms with van der Waals surface area (Å²) in [4.78, 5) is 2.54. The lowest BCUT2D eigenvalue weighted by Crippen LogP contribution is -2.42. The van der Waals surface area contributed by atoms with Crippen molar-refractivity contribution < 1.29 is 0 Å². The lowest BCUT2D eigenvalue weighted by molar-refractivity contribution is 0.293. The second kappa shape index (κ2) is 5.96. The largest absolute Gasteiger partial charge is 0.366 e. The molecule has 2 heterocycles. The zero-order chi connectivity index (χ0) is 14.0. The molecular formula is C17H28N2. The van der Waals surface area contributed by atoms with Crippen LogP contribution in [-0.2, 0) is 0 Å². The first-order valence-corrected chi connectivity index (χ1v) is 7.60. The van der Waals surface area contributed by atoms with E-state index in [0.717, 1.165) is 19.5 Å². The van der Waals surface area contributed by atoms with Gasteiger partial charge < -0.3 is 10.2 Å². The smallest absolute Gasteiger partial charge is 0.0430 e. The Hall–Kier alpha value is -1.02. The Bertz CT molecular complexity index is 403. The van der Waals surface area contributed by atoms with Gasteiger partial charge in [-0.15, -0.1) is 0 Å². The van der Waals surface area contributed by atoms with Crippen LogP contribution in [0.15, 0.2) is 35.6 Å². The molecule has 2 rings (SSSR count). The van der Waals surface area contributed by atoms with E-state index in [4.69, 9.17) is 0 Å². The third-order valence-electron chi connectivity index (χ3n) is 4.67. The fourth-order valence-electron chi connectivity index (χ4n) is 3.18. The number of fused-ring (bicyclic) bond motifs is 2. The van der Waals surface area contributed by atoms with Crippen LogP contribution in [0.3, 0.4) is 0 Å². The van der Waals surface area contributed by atoms with Crippen molar-refractivity contribution in [3.05, 3.63) is 35.6 Å². The second-order valence-electron chi connectivity index (χ2n) is 6.14. The molecule has 2 nitrogen and oxygen atoms in total. The molecule has 0 radical (unpaired) electrons. The molecule has 106 valence electrons. The van der Waals surface area contributed by atoms with Gasteiger partial charge in [-0.1, -0.05) is 32.9 Å². The van der Waals surface area contributed by atoms with Gasteiger partial charge in [-0.05, 0) is 43.4 Å². The van der Waals surface area contributed by atoms with Gasteiger partial charge >= 0.3 is 0 Å². The van der Waals surface area contributed by atoms with Crippen molar-refractivity contribution in [2.45, 2.75) is 52.6 Å². The van der Waals surface area contributed by atoms with E-state index in [2.05, 4.69) is 50.6 Å². The molecule has 0 aliphatic carbocycles. The summed E-state index contributed by atoms with van der Waals surface area (Å²) in [6, 6.07) is 1.36. The first-order valence-electron chi connectivity index (χ1n) is 7.60. The predicted molar refractivity (Wildman–Crippen MR) is 83.0 cm³/mol. The SMILES string of the molecule is C=C/C(=C\C(CC)=C(/C)C(C)C)N1CC2CC1CN2. The number of piperazine rings is 1. The van der Waals surface area contributed by atoms with Crippen molar-refractivity contribution in [2.75, 3.05) is 13.1 Å². The van der Waals surface area contributed by atoms with Crippen LogP contribution < -0.4 is 5.32 Å². The minimum absolute atomic E-state index is 0.619. The number of nitrogens with one attached hydrogen (secondary N) is 1. The molecule has 0 spiro atoms. The molecule has 0 aromatic carbocycles. The molecule has 0 saturated carbocycles. The van der Waals surface area contributed by atoms with Crippen LogP contribution in [0.5, 0.6) is 0 Å². The molecule has 2 saturated heterocycles. The highest BCUT2D eigenvalue weighted by Gasteiger charge is 2.37.